The highest BCUT2D eigenvalue weighted by Crippen LogP contribution is 2.06. The molecule has 0 saturated heterocycles. The van der Waals surface area contributed by atoms with Crippen LogP contribution in [-0.2, 0) is 27.4 Å². The first-order chi connectivity index (χ1) is 13.4. The fraction of sp³-hybridized carbons (Fsp3) is 0.368. The van der Waals surface area contributed by atoms with Crippen molar-refractivity contribution in [1.82, 2.24) is 20.6 Å². The predicted octanol–water partition coefficient (Wildman–Crippen LogP) is 1.47. The lowest BCUT2D eigenvalue weighted by molar-refractivity contribution is -0.143. The minimum absolute atomic E-state index is 0.0504. The number of H-pyrrole nitrogens is 1. The summed E-state index contributed by atoms with van der Waals surface area (Å²) in [7, 11) is 0. The number of aliphatic carboxylic acids is 1. The molecule has 0 saturated carbocycles. The van der Waals surface area contributed by atoms with Crippen molar-refractivity contribution in [3.05, 3.63) is 54.1 Å². The SMILES string of the molecule is CC(C)[C@H](NC(=O)[C@H](Cc1cnc[nH]1)NC(=O)OCc1ccccc1)C(=O)O. The lowest BCUT2D eigenvalue weighted by Gasteiger charge is -2.22. The third kappa shape index (κ3) is 6.42. The molecule has 1 aromatic heterocycles. The van der Waals surface area contributed by atoms with Crippen LogP contribution in [0.3, 0.4) is 0 Å². The van der Waals surface area contributed by atoms with E-state index in [9.17, 15) is 19.5 Å². The molecule has 9 nitrogen and oxygen atoms in total. The van der Waals surface area contributed by atoms with Gasteiger partial charge in [-0.2, -0.15) is 0 Å². The van der Waals surface area contributed by atoms with Gasteiger partial charge < -0.3 is 25.5 Å². The van der Waals surface area contributed by atoms with E-state index >= 15 is 0 Å². The van der Waals surface area contributed by atoms with E-state index in [0.29, 0.717) is 5.69 Å². The Morgan fingerprint density at radius 3 is 2.46 bits per heavy atom. The standard InChI is InChI=1S/C19H24N4O5/c1-12(2)16(18(25)26)23-17(24)15(8-14-9-20-11-21-14)22-19(27)28-10-13-6-4-3-5-7-13/h3-7,9,11-12,15-16H,8,10H2,1-2H3,(H,20,21)(H,22,27)(H,23,24)(H,25,26)/t15-,16-/m0/s1. The molecule has 0 radical (unpaired) electrons. The lowest BCUT2D eigenvalue weighted by atomic mass is 10.0. The molecule has 1 heterocycles. The number of carbonyl (C=O) groups excluding carboxylic acids is 2. The molecule has 0 unspecified atom stereocenters. The van der Waals surface area contributed by atoms with E-state index in [1.165, 1.54) is 12.5 Å². The first-order valence-corrected chi connectivity index (χ1v) is 8.84. The zero-order valence-corrected chi connectivity index (χ0v) is 15.7. The molecule has 2 atom stereocenters. The van der Waals surface area contributed by atoms with Gasteiger partial charge in [-0.25, -0.2) is 14.6 Å². The quantitative estimate of drug-likeness (QED) is 0.514. The fourth-order valence-electron chi connectivity index (χ4n) is 2.50. The monoisotopic (exact) mass is 388 g/mol. The number of carboxylic acids is 1. The number of imidazole rings is 1. The molecule has 0 aliphatic carbocycles. The second-order valence-corrected chi connectivity index (χ2v) is 6.61. The normalized spacial score (nSPS) is 12.8. The number of aromatic nitrogens is 2. The Balaban J connectivity index is 2.02. The molecule has 2 rings (SSSR count). The van der Waals surface area contributed by atoms with Crippen LogP contribution < -0.4 is 10.6 Å². The van der Waals surface area contributed by atoms with E-state index in [4.69, 9.17) is 4.74 Å². The Labute approximate surface area is 162 Å². The van der Waals surface area contributed by atoms with E-state index < -0.39 is 30.1 Å². The van der Waals surface area contributed by atoms with Gasteiger partial charge in [-0.3, -0.25) is 4.79 Å². The van der Waals surface area contributed by atoms with Crippen LogP contribution in [0.5, 0.6) is 0 Å². The zero-order valence-electron chi connectivity index (χ0n) is 15.7. The molecule has 28 heavy (non-hydrogen) atoms. The van der Waals surface area contributed by atoms with Crippen LogP contribution in [0.4, 0.5) is 4.79 Å². The first-order valence-electron chi connectivity index (χ1n) is 8.84. The number of carbonyl (C=O) groups is 3. The molecule has 2 aromatic rings. The average molecular weight is 388 g/mol. The summed E-state index contributed by atoms with van der Waals surface area (Å²) in [6, 6.07) is 7.02. The molecule has 0 fully saturated rings. The number of rotatable bonds is 9. The predicted molar refractivity (Wildman–Crippen MR) is 100 cm³/mol. The lowest BCUT2D eigenvalue weighted by Crippen LogP contribution is -2.54. The van der Waals surface area contributed by atoms with Gasteiger partial charge in [0.25, 0.3) is 0 Å². The van der Waals surface area contributed by atoms with Crippen molar-refractivity contribution in [2.24, 2.45) is 5.92 Å². The highest BCUT2D eigenvalue weighted by atomic mass is 16.5. The molecule has 0 bridgehead atoms. The molecule has 2 amide bonds. The summed E-state index contributed by atoms with van der Waals surface area (Å²) in [6.45, 7) is 3.42. The van der Waals surface area contributed by atoms with Crippen molar-refractivity contribution in [2.75, 3.05) is 0 Å². The van der Waals surface area contributed by atoms with Gasteiger partial charge in [0.1, 0.15) is 18.7 Å². The van der Waals surface area contributed by atoms with Crippen LogP contribution in [0, 0.1) is 5.92 Å². The molecule has 150 valence electrons. The van der Waals surface area contributed by atoms with Gasteiger partial charge in [0.2, 0.25) is 5.91 Å². The number of carboxylic acid groups (broad SMARTS) is 1. The van der Waals surface area contributed by atoms with Gasteiger partial charge in [-0.05, 0) is 11.5 Å². The summed E-state index contributed by atoms with van der Waals surface area (Å²) in [5.41, 5.74) is 1.41. The third-order valence-corrected chi connectivity index (χ3v) is 4.03. The molecular formula is C19H24N4O5. The average Bonchev–Trinajstić information content (AvgIpc) is 3.17. The third-order valence-electron chi connectivity index (χ3n) is 4.03. The molecule has 0 aliphatic rings. The highest BCUT2D eigenvalue weighted by molar-refractivity contribution is 5.89. The number of nitrogens with zero attached hydrogens (tertiary/aromatic N) is 1. The smallest absolute Gasteiger partial charge is 0.408 e. The second kappa shape index (κ2) is 10.1. The summed E-state index contributed by atoms with van der Waals surface area (Å²) in [4.78, 5) is 42.9. The maximum Gasteiger partial charge on any atom is 0.408 e. The first kappa shape index (κ1) is 20.9. The van der Waals surface area contributed by atoms with Gasteiger partial charge in [0, 0.05) is 18.3 Å². The minimum atomic E-state index is -1.14. The largest absolute Gasteiger partial charge is 0.480 e. The zero-order chi connectivity index (χ0) is 20.5. The van der Waals surface area contributed by atoms with Gasteiger partial charge in [-0.15, -0.1) is 0 Å². The molecule has 4 N–H and O–H groups in total. The number of aromatic amines is 1. The van der Waals surface area contributed by atoms with Gasteiger partial charge in [-0.1, -0.05) is 44.2 Å². The number of hydrogen-bond acceptors (Lipinski definition) is 5. The number of amides is 2. The summed E-state index contributed by atoms with van der Waals surface area (Å²) in [5.74, 6) is -2.08. The van der Waals surface area contributed by atoms with E-state index in [0.717, 1.165) is 5.56 Å². The van der Waals surface area contributed by atoms with E-state index in [1.807, 2.05) is 30.3 Å². The number of hydrogen-bond donors (Lipinski definition) is 4. The van der Waals surface area contributed by atoms with Crippen molar-refractivity contribution >= 4 is 18.0 Å². The molecule has 0 aliphatic heterocycles. The Morgan fingerprint density at radius 2 is 1.89 bits per heavy atom. The maximum absolute atomic E-state index is 12.6. The maximum atomic E-state index is 12.6. The number of benzene rings is 1. The van der Waals surface area contributed by atoms with Crippen LogP contribution >= 0.6 is 0 Å². The Bertz CT molecular complexity index is 777. The highest BCUT2D eigenvalue weighted by Gasteiger charge is 2.29. The number of alkyl carbamates (subject to hydrolysis) is 1. The van der Waals surface area contributed by atoms with Crippen LogP contribution in [0.2, 0.25) is 0 Å². The van der Waals surface area contributed by atoms with E-state index in [1.54, 1.807) is 13.8 Å². The van der Waals surface area contributed by atoms with Crippen molar-refractivity contribution in [2.45, 2.75) is 39.0 Å². The van der Waals surface area contributed by atoms with Crippen LogP contribution in [-0.4, -0.2) is 45.1 Å². The number of nitrogens with one attached hydrogen (secondary N) is 3. The Kier molecular flexibility index (Phi) is 7.55. The van der Waals surface area contributed by atoms with Crippen molar-refractivity contribution < 1.29 is 24.2 Å². The Morgan fingerprint density at radius 1 is 1.18 bits per heavy atom. The van der Waals surface area contributed by atoms with Gasteiger partial charge >= 0.3 is 12.1 Å². The van der Waals surface area contributed by atoms with Gasteiger partial charge in [0.05, 0.1) is 6.33 Å². The van der Waals surface area contributed by atoms with E-state index in [2.05, 4.69) is 20.6 Å². The summed E-state index contributed by atoms with van der Waals surface area (Å²) < 4.78 is 5.16. The van der Waals surface area contributed by atoms with Crippen LogP contribution in [0.1, 0.15) is 25.1 Å². The number of ether oxygens (including phenoxy) is 1. The van der Waals surface area contributed by atoms with Crippen molar-refractivity contribution in [3.8, 4) is 0 Å². The molecular weight excluding hydrogens is 364 g/mol. The summed E-state index contributed by atoms with van der Waals surface area (Å²) in [5, 5.41) is 14.2. The minimum Gasteiger partial charge on any atom is -0.480 e. The van der Waals surface area contributed by atoms with Crippen molar-refractivity contribution in [1.29, 1.82) is 0 Å². The summed E-state index contributed by atoms with van der Waals surface area (Å²) in [6.07, 6.45) is 2.30. The molecule has 1 aromatic carbocycles. The van der Waals surface area contributed by atoms with Crippen molar-refractivity contribution in [3.63, 3.8) is 0 Å². The van der Waals surface area contributed by atoms with Crippen LogP contribution in [0.25, 0.3) is 0 Å². The van der Waals surface area contributed by atoms with Gasteiger partial charge in [0.15, 0.2) is 0 Å². The molecule has 9 heteroatoms. The van der Waals surface area contributed by atoms with Crippen LogP contribution in [0.15, 0.2) is 42.9 Å². The second-order valence-electron chi connectivity index (χ2n) is 6.61. The Hall–Kier alpha value is -3.36. The topological polar surface area (TPSA) is 133 Å². The van der Waals surface area contributed by atoms with E-state index in [-0.39, 0.29) is 18.9 Å². The molecule has 0 spiro atoms. The fourth-order valence-corrected chi connectivity index (χ4v) is 2.50. The summed E-state index contributed by atoms with van der Waals surface area (Å²) >= 11 is 0.